The fourth-order valence-corrected chi connectivity index (χ4v) is 2.21. The minimum atomic E-state index is -0.492. The zero-order valence-corrected chi connectivity index (χ0v) is 11.5. The molecule has 0 aliphatic rings. The van der Waals surface area contributed by atoms with Crippen molar-refractivity contribution >= 4 is 17.3 Å². The fraction of sp³-hybridized carbons (Fsp3) is 0.286. The molecule has 2 aromatic rings. The van der Waals surface area contributed by atoms with E-state index in [1.54, 1.807) is 5.38 Å². The summed E-state index contributed by atoms with van der Waals surface area (Å²) in [5.41, 5.74) is 0.888. The van der Waals surface area contributed by atoms with Crippen LogP contribution in [0.2, 0.25) is 0 Å². The van der Waals surface area contributed by atoms with Crippen LogP contribution in [-0.2, 0) is 4.74 Å². The first-order valence-corrected chi connectivity index (χ1v) is 6.58. The van der Waals surface area contributed by atoms with E-state index < -0.39 is 5.60 Å². The van der Waals surface area contributed by atoms with Crippen molar-refractivity contribution in [3.8, 4) is 10.6 Å². The monoisotopic (exact) mass is 261 g/mol. The quantitative estimate of drug-likeness (QED) is 0.772. The summed E-state index contributed by atoms with van der Waals surface area (Å²) in [6, 6.07) is 9.79. The molecule has 0 bridgehead atoms. The number of esters is 1. The molecule has 1 aromatic carbocycles. The molecule has 3 nitrogen and oxygen atoms in total. The number of ether oxygens (including phenoxy) is 1. The summed E-state index contributed by atoms with van der Waals surface area (Å²) in [6.07, 6.45) is 0. The van der Waals surface area contributed by atoms with Crippen LogP contribution in [0.3, 0.4) is 0 Å². The molecule has 2 rings (SSSR count). The lowest BCUT2D eigenvalue weighted by Crippen LogP contribution is -2.24. The molecule has 0 radical (unpaired) electrons. The molecular weight excluding hydrogens is 246 g/mol. The number of rotatable bonds is 2. The van der Waals surface area contributed by atoms with Crippen LogP contribution >= 0.6 is 11.3 Å². The lowest BCUT2D eigenvalue weighted by molar-refractivity contribution is 0.00638. The SMILES string of the molecule is CC(C)(C)OC(=O)c1csc(-c2ccccc2)n1. The Kier molecular flexibility index (Phi) is 3.48. The number of hydrogen-bond donors (Lipinski definition) is 0. The van der Waals surface area contributed by atoms with E-state index in [1.165, 1.54) is 11.3 Å². The zero-order chi connectivity index (χ0) is 13.2. The highest BCUT2D eigenvalue weighted by molar-refractivity contribution is 7.13. The van der Waals surface area contributed by atoms with E-state index in [1.807, 2.05) is 51.1 Å². The van der Waals surface area contributed by atoms with Crippen molar-refractivity contribution in [2.45, 2.75) is 26.4 Å². The lowest BCUT2D eigenvalue weighted by atomic mass is 10.2. The van der Waals surface area contributed by atoms with Gasteiger partial charge in [0.05, 0.1) is 0 Å². The van der Waals surface area contributed by atoms with E-state index >= 15 is 0 Å². The van der Waals surface area contributed by atoms with Gasteiger partial charge < -0.3 is 4.74 Å². The van der Waals surface area contributed by atoms with E-state index in [-0.39, 0.29) is 5.97 Å². The number of carbonyl (C=O) groups is 1. The van der Waals surface area contributed by atoms with Gasteiger partial charge in [0, 0.05) is 10.9 Å². The van der Waals surface area contributed by atoms with E-state index in [0.717, 1.165) is 10.6 Å². The van der Waals surface area contributed by atoms with Crippen LogP contribution in [0.5, 0.6) is 0 Å². The van der Waals surface area contributed by atoms with Gasteiger partial charge in [0.1, 0.15) is 10.6 Å². The Hall–Kier alpha value is -1.68. The van der Waals surface area contributed by atoms with Crippen molar-refractivity contribution in [1.82, 2.24) is 4.98 Å². The van der Waals surface area contributed by atoms with Gasteiger partial charge in [0.2, 0.25) is 0 Å². The molecule has 4 heteroatoms. The van der Waals surface area contributed by atoms with Crippen molar-refractivity contribution in [3.63, 3.8) is 0 Å². The van der Waals surface area contributed by atoms with Gasteiger partial charge in [-0.3, -0.25) is 0 Å². The first-order chi connectivity index (χ1) is 8.46. The van der Waals surface area contributed by atoms with Gasteiger partial charge in [0.15, 0.2) is 5.69 Å². The Morgan fingerprint density at radius 3 is 2.50 bits per heavy atom. The van der Waals surface area contributed by atoms with Crippen molar-refractivity contribution in [2.75, 3.05) is 0 Å². The van der Waals surface area contributed by atoms with Crippen LogP contribution in [0.15, 0.2) is 35.7 Å². The van der Waals surface area contributed by atoms with Crippen molar-refractivity contribution < 1.29 is 9.53 Å². The molecule has 0 aliphatic heterocycles. The van der Waals surface area contributed by atoms with Crippen molar-refractivity contribution in [1.29, 1.82) is 0 Å². The molecule has 0 unspecified atom stereocenters. The van der Waals surface area contributed by atoms with Gasteiger partial charge in [0.25, 0.3) is 0 Å². The number of carbonyl (C=O) groups excluding carboxylic acids is 1. The maximum atomic E-state index is 11.8. The standard InChI is InChI=1S/C14H15NO2S/c1-14(2,3)17-13(16)11-9-18-12(15-11)10-7-5-4-6-8-10/h4-9H,1-3H3. The molecule has 1 aromatic heterocycles. The Bertz CT molecular complexity index is 540. The van der Waals surface area contributed by atoms with Crippen LogP contribution in [0.25, 0.3) is 10.6 Å². The molecule has 0 amide bonds. The Morgan fingerprint density at radius 1 is 1.22 bits per heavy atom. The summed E-state index contributed by atoms with van der Waals surface area (Å²) in [7, 11) is 0. The second-order valence-corrected chi connectivity index (χ2v) is 5.76. The number of benzene rings is 1. The van der Waals surface area contributed by atoms with Gasteiger partial charge in [-0.25, -0.2) is 9.78 Å². The van der Waals surface area contributed by atoms with Crippen LogP contribution < -0.4 is 0 Å². The number of aromatic nitrogens is 1. The molecular formula is C14H15NO2S. The Morgan fingerprint density at radius 2 is 1.89 bits per heavy atom. The predicted molar refractivity (Wildman–Crippen MR) is 72.7 cm³/mol. The highest BCUT2D eigenvalue weighted by Crippen LogP contribution is 2.24. The molecule has 0 spiro atoms. The van der Waals surface area contributed by atoms with E-state index in [0.29, 0.717) is 5.69 Å². The van der Waals surface area contributed by atoms with Crippen LogP contribution in [-0.4, -0.2) is 16.6 Å². The van der Waals surface area contributed by atoms with Crippen molar-refractivity contribution in [3.05, 3.63) is 41.4 Å². The average molecular weight is 261 g/mol. The van der Waals surface area contributed by atoms with E-state index in [4.69, 9.17) is 4.74 Å². The third-order valence-corrected chi connectivity index (χ3v) is 3.02. The third-order valence-electron chi connectivity index (χ3n) is 2.13. The Balaban J connectivity index is 2.19. The summed E-state index contributed by atoms with van der Waals surface area (Å²) in [5, 5.41) is 2.56. The minimum Gasteiger partial charge on any atom is -0.455 e. The predicted octanol–water partition coefficient (Wildman–Crippen LogP) is 3.77. The maximum absolute atomic E-state index is 11.8. The third kappa shape index (κ3) is 3.17. The molecule has 0 N–H and O–H groups in total. The minimum absolute atomic E-state index is 0.369. The van der Waals surface area contributed by atoms with Gasteiger partial charge >= 0.3 is 5.97 Å². The average Bonchev–Trinajstić information content (AvgIpc) is 2.77. The summed E-state index contributed by atoms with van der Waals surface area (Å²) < 4.78 is 5.28. The molecule has 94 valence electrons. The summed E-state index contributed by atoms with van der Waals surface area (Å²) in [4.78, 5) is 16.1. The summed E-state index contributed by atoms with van der Waals surface area (Å²) in [6.45, 7) is 5.53. The van der Waals surface area contributed by atoms with Gasteiger partial charge in [-0.2, -0.15) is 0 Å². The second-order valence-electron chi connectivity index (χ2n) is 4.91. The fourth-order valence-electron chi connectivity index (χ4n) is 1.41. The van der Waals surface area contributed by atoms with E-state index in [2.05, 4.69) is 4.98 Å². The molecule has 18 heavy (non-hydrogen) atoms. The van der Waals surface area contributed by atoms with Crippen LogP contribution in [0, 0.1) is 0 Å². The Labute approximate surface area is 110 Å². The topological polar surface area (TPSA) is 39.2 Å². The smallest absolute Gasteiger partial charge is 0.358 e. The molecule has 0 saturated heterocycles. The summed E-state index contributed by atoms with van der Waals surface area (Å²) in [5.74, 6) is -0.374. The van der Waals surface area contributed by atoms with Gasteiger partial charge in [-0.1, -0.05) is 30.3 Å². The molecule has 1 heterocycles. The van der Waals surface area contributed by atoms with Crippen molar-refractivity contribution in [2.24, 2.45) is 0 Å². The second kappa shape index (κ2) is 4.90. The number of hydrogen-bond acceptors (Lipinski definition) is 4. The highest BCUT2D eigenvalue weighted by Gasteiger charge is 2.20. The van der Waals surface area contributed by atoms with Crippen LogP contribution in [0.4, 0.5) is 0 Å². The molecule has 0 atom stereocenters. The molecule has 0 fully saturated rings. The summed E-state index contributed by atoms with van der Waals surface area (Å²) >= 11 is 1.45. The number of nitrogens with zero attached hydrogens (tertiary/aromatic N) is 1. The lowest BCUT2D eigenvalue weighted by Gasteiger charge is -2.18. The first kappa shape index (κ1) is 12.8. The van der Waals surface area contributed by atoms with Gasteiger partial charge in [-0.15, -0.1) is 11.3 Å². The van der Waals surface area contributed by atoms with E-state index in [9.17, 15) is 4.79 Å². The molecule has 0 saturated carbocycles. The zero-order valence-electron chi connectivity index (χ0n) is 10.6. The highest BCUT2D eigenvalue weighted by atomic mass is 32.1. The normalized spacial score (nSPS) is 11.3. The first-order valence-electron chi connectivity index (χ1n) is 5.70. The molecule has 0 aliphatic carbocycles. The largest absolute Gasteiger partial charge is 0.455 e. The van der Waals surface area contributed by atoms with Crippen LogP contribution in [0.1, 0.15) is 31.3 Å². The number of thiazole rings is 1. The maximum Gasteiger partial charge on any atom is 0.358 e. The van der Waals surface area contributed by atoms with Gasteiger partial charge in [-0.05, 0) is 20.8 Å².